The summed E-state index contributed by atoms with van der Waals surface area (Å²) in [5.41, 5.74) is 4.35. The predicted octanol–water partition coefficient (Wildman–Crippen LogP) is 4.43. The van der Waals surface area contributed by atoms with Gasteiger partial charge in [0.1, 0.15) is 5.82 Å². The molecule has 236 valence electrons. The first-order valence-electron chi connectivity index (χ1n) is 13.6. The van der Waals surface area contributed by atoms with Gasteiger partial charge in [-0.05, 0) is 18.6 Å². The number of likely N-dealkylation sites (tertiary alicyclic amines) is 1. The number of fused-ring (bicyclic) bond motifs is 2. The summed E-state index contributed by atoms with van der Waals surface area (Å²) in [6.45, 7) is -0.143. The van der Waals surface area contributed by atoms with Crippen LogP contribution in [0.5, 0.6) is 6.01 Å². The molecule has 3 unspecified atom stereocenters. The van der Waals surface area contributed by atoms with Crippen LogP contribution >= 0.6 is 11.6 Å². The molecule has 0 spiro atoms. The fraction of sp³-hybridized carbons (Fsp3) is 0.481. The topological polar surface area (TPSA) is 112 Å². The average molecular weight is 646 g/mol. The Morgan fingerprint density at radius 2 is 1.89 bits per heavy atom. The molecule has 3 aliphatic rings. The number of nitrogen functional groups attached to an aromatic ring is 1. The minimum Gasteiger partial charge on any atom is -0.467 e. The summed E-state index contributed by atoms with van der Waals surface area (Å²) in [5.74, 6) is -1.54. The van der Waals surface area contributed by atoms with Crippen LogP contribution in [-0.2, 0) is 37.0 Å². The van der Waals surface area contributed by atoms with E-state index in [4.69, 9.17) is 26.8 Å². The summed E-state index contributed by atoms with van der Waals surface area (Å²) in [7, 11) is 1.33. The number of methoxy groups -OCH3 is 1. The van der Waals surface area contributed by atoms with Crippen molar-refractivity contribution >= 4 is 29.0 Å². The van der Waals surface area contributed by atoms with E-state index < -0.39 is 66.3 Å². The molecule has 1 fully saturated rings. The van der Waals surface area contributed by atoms with E-state index in [1.807, 2.05) is 4.90 Å². The molecule has 1 aromatic carbocycles. The lowest BCUT2D eigenvalue weighted by Gasteiger charge is -2.31. The summed E-state index contributed by atoms with van der Waals surface area (Å²) in [4.78, 5) is 24.7. The lowest BCUT2D eigenvalue weighted by atomic mass is 9.94. The van der Waals surface area contributed by atoms with Gasteiger partial charge < -0.3 is 25.0 Å². The fourth-order valence-corrected chi connectivity index (χ4v) is 6.06. The van der Waals surface area contributed by atoms with Crippen LogP contribution < -0.4 is 15.4 Å². The minimum absolute atomic E-state index is 0.0302. The number of amides is 1. The standard InChI is InChI=1S/C27H26ClF6N7O3/c1-43-26-36-17-7-19(20-13(27(32,33)34)3-4-16(35)22(20)31)44-11-12(17)24(37-26)39-5-2-6-41-18(10-39)21(28)23(38-41)25(42)40-8-14(29)15(30)9-40/h3-4,14-15,19H,2,5-11,35H2,1H3. The van der Waals surface area contributed by atoms with Gasteiger partial charge in [0.15, 0.2) is 23.9 Å². The maximum atomic E-state index is 15.0. The third kappa shape index (κ3) is 5.27. The zero-order chi connectivity index (χ0) is 31.5. The van der Waals surface area contributed by atoms with Gasteiger partial charge in [-0.2, -0.15) is 28.2 Å². The maximum Gasteiger partial charge on any atom is 0.416 e. The highest BCUT2D eigenvalue weighted by Gasteiger charge is 2.41. The monoisotopic (exact) mass is 645 g/mol. The zero-order valence-corrected chi connectivity index (χ0v) is 23.9. The molecule has 0 saturated carbocycles. The molecule has 17 heteroatoms. The van der Waals surface area contributed by atoms with Crippen molar-refractivity contribution in [2.24, 2.45) is 0 Å². The van der Waals surface area contributed by atoms with Crippen molar-refractivity contribution in [3.05, 3.63) is 56.7 Å². The lowest BCUT2D eigenvalue weighted by molar-refractivity contribution is -0.140. The number of aryl methyl sites for hydroxylation is 1. The number of nitrogens with two attached hydrogens (primary N) is 1. The number of aromatic nitrogens is 4. The van der Waals surface area contributed by atoms with Crippen molar-refractivity contribution < 1.29 is 40.6 Å². The number of alkyl halides is 5. The Morgan fingerprint density at radius 3 is 2.57 bits per heavy atom. The van der Waals surface area contributed by atoms with E-state index in [0.717, 1.165) is 17.0 Å². The number of anilines is 2. The van der Waals surface area contributed by atoms with E-state index in [-0.39, 0.29) is 36.3 Å². The number of hydrogen-bond acceptors (Lipinski definition) is 8. The van der Waals surface area contributed by atoms with Gasteiger partial charge in [0, 0.05) is 30.6 Å². The van der Waals surface area contributed by atoms with Gasteiger partial charge in [0.2, 0.25) is 0 Å². The molecule has 44 heavy (non-hydrogen) atoms. The molecule has 10 nitrogen and oxygen atoms in total. The van der Waals surface area contributed by atoms with Gasteiger partial charge in [-0.3, -0.25) is 9.48 Å². The largest absolute Gasteiger partial charge is 0.467 e. The van der Waals surface area contributed by atoms with E-state index in [0.29, 0.717) is 42.3 Å². The van der Waals surface area contributed by atoms with Crippen LogP contribution in [0.15, 0.2) is 12.1 Å². The zero-order valence-electron chi connectivity index (χ0n) is 23.2. The van der Waals surface area contributed by atoms with Crippen LogP contribution in [0, 0.1) is 5.82 Å². The van der Waals surface area contributed by atoms with Crippen molar-refractivity contribution in [1.29, 1.82) is 0 Å². The first kappa shape index (κ1) is 30.2. The summed E-state index contributed by atoms with van der Waals surface area (Å²) in [6, 6.07) is 1.51. The Labute approximate surface area is 251 Å². The van der Waals surface area contributed by atoms with Crippen LogP contribution in [0.3, 0.4) is 0 Å². The number of hydrogen-bond donors (Lipinski definition) is 1. The molecule has 5 heterocycles. The Kier molecular flexibility index (Phi) is 7.76. The number of benzene rings is 1. The molecule has 2 aromatic heterocycles. The van der Waals surface area contributed by atoms with Crippen molar-refractivity contribution in [3.63, 3.8) is 0 Å². The Balaban J connectivity index is 1.33. The molecule has 6 rings (SSSR count). The Morgan fingerprint density at radius 1 is 1.16 bits per heavy atom. The first-order chi connectivity index (χ1) is 20.9. The Bertz CT molecular complexity index is 1610. The van der Waals surface area contributed by atoms with Crippen molar-refractivity contribution in [2.45, 2.75) is 57.2 Å². The second-order valence-corrected chi connectivity index (χ2v) is 11.1. The average Bonchev–Trinajstić information content (AvgIpc) is 3.39. The molecule has 0 aliphatic carbocycles. The summed E-state index contributed by atoms with van der Waals surface area (Å²) < 4.78 is 96.6. The van der Waals surface area contributed by atoms with Gasteiger partial charge >= 0.3 is 12.2 Å². The molecule has 3 aromatic rings. The number of halogens is 7. The first-order valence-corrected chi connectivity index (χ1v) is 14.0. The summed E-state index contributed by atoms with van der Waals surface area (Å²) in [6.07, 6.45) is -9.48. The minimum atomic E-state index is -4.85. The third-order valence-corrected chi connectivity index (χ3v) is 8.38. The van der Waals surface area contributed by atoms with E-state index in [1.54, 1.807) is 4.68 Å². The molecule has 3 aliphatic heterocycles. The maximum absolute atomic E-state index is 15.0. The van der Waals surface area contributed by atoms with Gasteiger partial charge in [-0.1, -0.05) is 11.6 Å². The Hall–Kier alpha value is -3.79. The number of ether oxygens (including phenoxy) is 2. The van der Waals surface area contributed by atoms with E-state index in [2.05, 4.69) is 15.1 Å². The highest BCUT2D eigenvalue weighted by molar-refractivity contribution is 6.34. The molecule has 1 amide bonds. The highest BCUT2D eigenvalue weighted by atomic mass is 35.5. The normalized spacial score (nSPS) is 22.0. The van der Waals surface area contributed by atoms with Gasteiger partial charge in [0.05, 0.1) is 67.1 Å². The molecule has 0 radical (unpaired) electrons. The van der Waals surface area contributed by atoms with Gasteiger partial charge in [0.25, 0.3) is 5.91 Å². The van der Waals surface area contributed by atoms with Crippen LogP contribution in [-0.4, -0.2) is 69.6 Å². The van der Waals surface area contributed by atoms with E-state index in [1.165, 1.54) is 7.11 Å². The van der Waals surface area contributed by atoms with Crippen LogP contribution in [0.4, 0.5) is 37.8 Å². The van der Waals surface area contributed by atoms with Crippen LogP contribution in [0.1, 0.15) is 51.1 Å². The van der Waals surface area contributed by atoms with Crippen LogP contribution in [0.2, 0.25) is 5.02 Å². The summed E-state index contributed by atoms with van der Waals surface area (Å²) >= 11 is 6.62. The van der Waals surface area contributed by atoms with Gasteiger partial charge in [-0.15, -0.1) is 0 Å². The number of carbonyl (C=O) groups excluding carboxylic acids is 1. The fourth-order valence-electron chi connectivity index (χ4n) is 5.78. The lowest BCUT2D eigenvalue weighted by Crippen LogP contribution is -2.30. The number of rotatable bonds is 4. The smallest absolute Gasteiger partial charge is 0.416 e. The second-order valence-electron chi connectivity index (χ2n) is 10.7. The predicted molar refractivity (Wildman–Crippen MR) is 144 cm³/mol. The van der Waals surface area contributed by atoms with Crippen LogP contribution in [0.25, 0.3) is 0 Å². The van der Waals surface area contributed by atoms with Crippen molar-refractivity contribution in [1.82, 2.24) is 24.6 Å². The molecule has 1 saturated heterocycles. The molecular formula is C27H26ClF6N7O3. The molecular weight excluding hydrogens is 620 g/mol. The number of nitrogens with zero attached hydrogens (tertiary/aromatic N) is 6. The summed E-state index contributed by atoms with van der Waals surface area (Å²) in [5, 5.41) is 4.37. The molecule has 3 atom stereocenters. The molecule has 0 bridgehead atoms. The quantitative estimate of drug-likeness (QED) is 0.328. The highest BCUT2D eigenvalue weighted by Crippen LogP contribution is 2.43. The SMILES string of the molecule is COc1nc2c(c(N3CCCn4nc(C(=O)N5CC(F)C(F)C5)c(Cl)c4C3)n1)COC(c1c(C(F)(F)F)ccc(N)c1F)C2. The molecule has 2 N–H and O–H groups in total. The van der Waals surface area contributed by atoms with E-state index in [9.17, 15) is 26.7 Å². The van der Waals surface area contributed by atoms with Crippen molar-refractivity contribution in [2.75, 3.05) is 37.4 Å². The van der Waals surface area contributed by atoms with E-state index >= 15 is 4.39 Å². The third-order valence-electron chi connectivity index (χ3n) is 7.98. The number of carbonyl (C=O) groups is 1. The second kappa shape index (κ2) is 11.3. The van der Waals surface area contributed by atoms with Gasteiger partial charge in [-0.25, -0.2) is 13.2 Å². The van der Waals surface area contributed by atoms with Crippen molar-refractivity contribution in [3.8, 4) is 6.01 Å².